The molecule has 0 spiro atoms. The smallest absolute Gasteiger partial charge is 0.256 e. The third kappa shape index (κ3) is 3.27. The van der Waals surface area contributed by atoms with E-state index in [1.807, 2.05) is 31.2 Å². The number of ether oxygens (including phenoxy) is 1. The van der Waals surface area contributed by atoms with Crippen LogP contribution in [0.25, 0.3) is 5.69 Å². The number of carbonyl (C=O) groups is 1. The van der Waals surface area contributed by atoms with Crippen molar-refractivity contribution < 1.29 is 13.9 Å². The number of aryl methyl sites for hydroxylation is 1. The highest BCUT2D eigenvalue weighted by Gasteiger charge is 2.11. The summed E-state index contributed by atoms with van der Waals surface area (Å²) in [4.78, 5) is 12.2. The molecule has 0 saturated heterocycles. The summed E-state index contributed by atoms with van der Waals surface area (Å²) in [5, 5.41) is 7.05. The van der Waals surface area contributed by atoms with E-state index in [-0.39, 0.29) is 5.56 Å². The Hall–Kier alpha value is -3.15. The van der Waals surface area contributed by atoms with Crippen LogP contribution in [0.1, 0.15) is 16.1 Å². The van der Waals surface area contributed by atoms with Crippen molar-refractivity contribution in [2.24, 2.45) is 0 Å². The Morgan fingerprint density at radius 1 is 1.17 bits per heavy atom. The zero-order valence-corrected chi connectivity index (χ0v) is 13.3. The van der Waals surface area contributed by atoms with Gasteiger partial charge in [-0.3, -0.25) is 4.79 Å². The molecular formula is C18H16FN3O2. The van der Waals surface area contributed by atoms with Crippen LogP contribution < -0.4 is 10.1 Å². The van der Waals surface area contributed by atoms with Gasteiger partial charge in [0.15, 0.2) is 5.82 Å². The van der Waals surface area contributed by atoms with Crippen molar-refractivity contribution in [3.05, 3.63) is 71.7 Å². The minimum absolute atomic E-state index is 0.242. The second kappa shape index (κ2) is 6.54. The van der Waals surface area contributed by atoms with Crippen LogP contribution in [-0.2, 0) is 0 Å². The average molecular weight is 325 g/mol. The molecular weight excluding hydrogens is 309 g/mol. The molecule has 0 saturated carbocycles. The first-order valence-electron chi connectivity index (χ1n) is 7.35. The zero-order chi connectivity index (χ0) is 17.1. The number of aromatic nitrogens is 2. The molecule has 2 aromatic carbocycles. The first kappa shape index (κ1) is 15.7. The number of carbonyl (C=O) groups excluding carboxylic acids is 1. The van der Waals surface area contributed by atoms with Gasteiger partial charge in [0.05, 0.1) is 12.8 Å². The predicted molar refractivity (Wildman–Crippen MR) is 89.2 cm³/mol. The van der Waals surface area contributed by atoms with E-state index >= 15 is 0 Å². The number of nitrogens with zero attached hydrogens (tertiary/aromatic N) is 2. The average Bonchev–Trinajstić information content (AvgIpc) is 2.95. The number of anilines is 1. The Morgan fingerprint density at radius 3 is 2.58 bits per heavy atom. The first-order chi connectivity index (χ1) is 11.6. The molecule has 0 fully saturated rings. The highest BCUT2D eigenvalue weighted by molar-refractivity contribution is 6.03. The number of nitrogens with one attached hydrogen (secondary N) is 1. The lowest BCUT2D eigenvalue weighted by atomic mass is 10.2. The van der Waals surface area contributed by atoms with Crippen molar-refractivity contribution in [3.8, 4) is 11.4 Å². The fourth-order valence-electron chi connectivity index (χ4n) is 2.34. The van der Waals surface area contributed by atoms with Gasteiger partial charge in [0.1, 0.15) is 11.6 Å². The maximum Gasteiger partial charge on any atom is 0.256 e. The van der Waals surface area contributed by atoms with E-state index in [2.05, 4.69) is 10.4 Å². The van der Waals surface area contributed by atoms with Gasteiger partial charge in [-0.1, -0.05) is 6.07 Å². The third-order valence-corrected chi connectivity index (χ3v) is 3.53. The number of rotatable bonds is 4. The molecule has 3 rings (SSSR count). The second-order valence-corrected chi connectivity index (χ2v) is 5.25. The van der Waals surface area contributed by atoms with Crippen LogP contribution in [0.3, 0.4) is 0 Å². The van der Waals surface area contributed by atoms with Gasteiger partial charge >= 0.3 is 0 Å². The lowest BCUT2D eigenvalue weighted by Gasteiger charge is -2.05. The van der Waals surface area contributed by atoms with Crippen molar-refractivity contribution in [1.29, 1.82) is 0 Å². The standard InChI is InChI=1S/C18H16FN3O2/c1-12-10-17(20-18(23)13-4-3-5-14(19)11-13)21-22(12)15-6-8-16(24-2)9-7-15/h3-11H,1-2H3,(H,20,21,23). The number of benzene rings is 2. The predicted octanol–water partition coefficient (Wildman–Crippen LogP) is 3.58. The first-order valence-corrected chi connectivity index (χ1v) is 7.35. The SMILES string of the molecule is COc1ccc(-n2nc(NC(=O)c3cccc(F)c3)cc2C)cc1. The maximum atomic E-state index is 13.2. The van der Waals surface area contributed by atoms with Crippen molar-refractivity contribution >= 4 is 11.7 Å². The Bertz CT molecular complexity index is 872. The van der Waals surface area contributed by atoms with Crippen LogP contribution >= 0.6 is 0 Å². The van der Waals surface area contributed by atoms with Crippen molar-refractivity contribution in [3.63, 3.8) is 0 Å². The van der Waals surface area contributed by atoms with Crippen LogP contribution in [0.4, 0.5) is 10.2 Å². The highest BCUT2D eigenvalue weighted by atomic mass is 19.1. The van der Waals surface area contributed by atoms with Gasteiger partial charge < -0.3 is 10.1 Å². The van der Waals surface area contributed by atoms with E-state index in [1.54, 1.807) is 23.9 Å². The van der Waals surface area contributed by atoms with Crippen molar-refractivity contribution in [2.45, 2.75) is 6.92 Å². The summed E-state index contributed by atoms with van der Waals surface area (Å²) in [6.45, 7) is 1.88. The number of hydrogen-bond acceptors (Lipinski definition) is 3. The zero-order valence-electron chi connectivity index (χ0n) is 13.3. The molecule has 1 N–H and O–H groups in total. The molecule has 6 heteroatoms. The van der Waals surface area contributed by atoms with Crippen molar-refractivity contribution in [2.75, 3.05) is 12.4 Å². The Kier molecular flexibility index (Phi) is 4.29. The molecule has 0 radical (unpaired) electrons. The van der Waals surface area contributed by atoms with Gasteiger partial charge in [-0.15, -0.1) is 5.10 Å². The van der Waals surface area contributed by atoms with E-state index in [0.29, 0.717) is 5.82 Å². The van der Waals surface area contributed by atoms with Gasteiger partial charge in [-0.05, 0) is 49.4 Å². The van der Waals surface area contributed by atoms with Gasteiger partial charge in [0, 0.05) is 17.3 Å². The molecule has 0 bridgehead atoms. The van der Waals surface area contributed by atoms with Gasteiger partial charge in [-0.25, -0.2) is 9.07 Å². The molecule has 24 heavy (non-hydrogen) atoms. The summed E-state index contributed by atoms with van der Waals surface area (Å²) in [6, 6.07) is 14.7. The molecule has 0 atom stereocenters. The molecule has 3 aromatic rings. The summed E-state index contributed by atoms with van der Waals surface area (Å²) < 4.78 is 20.1. The molecule has 0 aliphatic rings. The van der Waals surface area contributed by atoms with E-state index < -0.39 is 11.7 Å². The Labute approximate surface area is 138 Å². The maximum absolute atomic E-state index is 13.2. The number of hydrogen-bond donors (Lipinski definition) is 1. The number of amides is 1. The Morgan fingerprint density at radius 2 is 1.92 bits per heavy atom. The lowest BCUT2D eigenvalue weighted by Crippen LogP contribution is -2.12. The largest absolute Gasteiger partial charge is 0.497 e. The van der Waals surface area contributed by atoms with E-state index in [4.69, 9.17) is 4.74 Å². The Balaban J connectivity index is 1.82. The molecule has 0 unspecified atom stereocenters. The van der Waals surface area contributed by atoms with Gasteiger partial charge in [0.25, 0.3) is 5.91 Å². The van der Waals surface area contributed by atoms with Gasteiger partial charge in [0.2, 0.25) is 0 Å². The normalized spacial score (nSPS) is 10.5. The lowest BCUT2D eigenvalue weighted by molar-refractivity contribution is 0.102. The van der Waals surface area contributed by atoms with Crippen LogP contribution in [0, 0.1) is 12.7 Å². The number of halogens is 1. The molecule has 0 aliphatic carbocycles. The molecule has 1 amide bonds. The molecule has 1 heterocycles. The molecule has 122 valence electrons. The quantitative estimate of drug-likeness (QED) is 0.797. The fourth-order valence-corrected chi connectivity index (χ4v) is 2.34. The second-order valence-electron chi connectivity index (χ2n) is 5.25. The monoisotopic (exact) mass is 325 g/mol. The summed E-state index contributed by atoms with van der Waals surface area (Å²) in [7, 11) is 1.61. The van der Waals surface area contributed by atoms with Crippen molar-refractivity contribution in [1.82, 2.24) is 9.78 Å². The summed E-state index contributed by atoms with van der Waals surface area (Å²) in [5.74, 6) is 0.289. The van der Waals surface area contributed by atoms with E-state index in [0.717, 1.165) is 17.1 Å². The van der Waals surface area contributed by atoms with Crippen LogP contribution in [0.5, 0.6) is 5.75 Å². The minimum Gasteiger partial charge on any atom is -0.497 e. The number of methoxy groups -OCH3 is 1. The summed E-state index contributed by atoms with van der Waals surface area (Å²) >= 11 is 0. The summed E-state index contributed by atoms with van der Waals surface area (Å²) in [5.41, 5.74) is 1.95. The fraction of sp³-hybridized carbons (Fsp3) is 0.111. The topological polar surface area (TPSA) is 56.1 Å². The minimum atomic E-state index is -0.456. The van der Waals surface area contributed by atoms with Gasteiger partial charge in [-0.2, -0.15) is 0 Å². The molecule has 1 aromatic heterocycles. The summed E-state index contributed by atoms with van der Waals surface area (Å²) in [6.07, 6.45) is 0. The third-order valence-electron chi connectivity index (χ3n) is 3.53. The van der Waals surface area contributed by atoms with Crippen LogP contribution in [0.15, 0.2) is 54.6 Å². The van der Waals surface area contributed by atoms with Crippen LogP contribution in [0.2, 0.25) is 0 Å². The van der Waals surface area contributed by atoms with E-state index in [1.165, 1.54) is 18.2 Å². The molecule has 5 nitrogen and oxygen atoms in total. The van der Waals surface area contributed by atoms with E-state index in [9.17, 15) is 9.18 Å². The molecule has 0 aliphatic heterocycles. The highest BCUT2D eigenvalue weighted by Crippen LogP contribution is 2.19. The van der Waals surface area contributed by atoms with Crippen LogP contribution in [-0.4, -0.2) is 22.8 Å².